The molecule has 3 aromatic rings. The van der Waals surface area contributed by atoms with E-state index in [1.165, 1.54) is 17.8 Å². The Kier molecular flexibility index (Phi) is 4.85. The summed E-state index contributed by atoms with van der Waals surface area (Å²) in [5, 5.41) is 2.65. The van der Waals surface area contributed by atoms with Crippen molar-refractivity contribution in [2.75, 3.05) is 11.1 Å². The lowest BCUT2D eigenvalue weighted by atomic mass is 10.2. The number of anilines is 1. The Morgan fingerprint density at radius 1 is 1.33 bits per heavy atom. The SMILES string of the molecule is Cc1ccc(F)c(NC(=O)CSC(C)c2nc3ccccc3[nH]2)c1. The standard InChI is InChI=1S/C18H18FN3OS/c1-11-7-8-13(19)16(9-11)20-17(23)10-24-12(2)18-21-14-5-3-4-6-15(14)22-18/h3-9,12H,10H2,1-2H3,(H,20,23)(H,21,22). The predicted molar refractivity (Wildman–Crippen MR) is 96.7 cm³/mol. The third-order valence-corrected chi connectivity index (χ3v) is 4.81. The number of aromatic nitrogens is 2. The fourth-order valence-corrected chi connectivity index (χ4v) is 3.11. The molecule has 0 radical (unpaired) electrons. The molecule has 1 atom stereocenters. The maximum atomic E-state index is 13.7. The minimum absolute atomic E-state index is 0.0329. The smallest absolute Gasteiger partial charge is 0.234 e. The van der Waals surface area contributed by atoms with Crippen LogP contribution < -0.4 is 5.32 Å². The van der Waals surface area contributed by atoms with Crippen LogP contribution in [0.1, 0.15) is 23.6 Å². The lowest BCUT2D eigenvalue weighted by Gasteiger charge is -2.10. The van der Waals surface area contributed by atoms with Gasteiger partial charge < -0.3 is 10.3 Å². The van der Waals surface area contributed by atoms with Gasteiger partial charge in [0.2, 0.25) is 5.91 Å². The van der Waals surface area contributed by atoms with E-state index in [1.807, 2.05) is 38.1 Å². The second kappa shape index (κ2) is 7.05. The third kappa shape index (κ3) is 3.76. The molecule has 4 nitrogen and oxygen atoms in total. The van der Waals surface area contributed by atoms with Crippen molar-refractivity contribution >= 4 is 34.4 Å². The first-order valence-electron chi connectivity index (χ1n) is 7.65. The number of amides is 1. The Hall–Kier alpha value is -2.34. The molecule has 1 unspecified atom stereocenters. The molecular formula is C18H18FN3OS. The van der Waals surface area contributed by atoms with Crippen LogP contribution in [0.3, 0.4) is 0 Å². The minimum atomic E-state index is -0.427. The first kappa shape index (κ1) is 16.5. The number of para-hydroxylation sites is 2. The molecule has 24 heavy (non-hydrogen) atoms. The van der Waals surface area contributed by atoms with Crippen LogP contribution in [0.4, 0.5) is 10.1 Å². The van der Waals surface area contributed by atoms with Gasteiger partial charge in [-0.15, -0.1) is 11.8 Å². The summed E-state index contributed by atoms with van der Waals surface area (Å²) in [6.45, 7) is 3.84. The normalized spacial score (nSPS) is 12.3. The Balaban J connectivity index is 1.60. The largest absolute Gasteiger partial charge is 0.341 e. The van der Waals surface area contributed by atoms with Gasteiger partial charge in [0.1, 0.15) is 11.6 Å². The highest BCUT2D eigenvalue weighted by atomic mass is 32.2. The van der Waals surface area contributed by atoms with E-state index in [1.54, 1.807) is 12.1 Å². The fourth-order valence-electron chi connectivity index (χ4n) is 2.37. The molecule has 0 spiro atoms. The first-order valence-corrected chi connectivity index (χ1v) is 8.70. The number of rotatable bonds is 5. The number of carbonyl (C=O) groups excluding carboxylic acids is 1. The van der Waals surface area contributed by atoms with Crippen LogP contribution in [0.25, 0.3) is 11.0 Å². The molecule has 6 heteroatoms. The summed E-state index contributed by atoms with van der Waals surface area (Å²) in [6.07, 6.45) is 0. The van der Waals surface area contributed by atoms with E-state index in [4.69, 9.17) is 0 Å². The molecule has 0 bridgehead atoms. The molecule has 1 amide bonds. The number of halogens is 1. The van der Waals surface area contributed by atoms with Gasteiger partial charge in [0.15, 0.2) is 0 Å². The van der Waals surface area contributed by atoms with Crippen molar-refractivity contribution in [1.29, 1.82) is 0 Å². The second-order valence-electron chi connectivity index (χ2n) is 5.62. The molecule has 3 rings (SSSR count). The van der Waals surface area contributed by atoms with Crippen LogP contribution in [0.2, 0.25) is 0 Å². The van der Waals surface area contributed by atoms with Crippen molar-refractivity contribution in [2.45, 2.75) is 19.1 Å². The molecule has 2 N–H and O–H groups in total. The Morgan fingerprint density at radius 2 is 2.12 bits per heavy atom. The average molecular weight is 343 g/mol. The van der Waals surface area contributed by atoms with Gasteiger partial charge in [-0.05, 0) is 43.7 Å². The monoisotopic (exact) mass is 343 g/mol. The van der Waals surface area contributed by atoms with Gasteiger partial charge in [-0.25, -0.2) is 9.37 Å². The fraction of sp³-hybridized carbons (Fsp3) is 0.222. The summed E-state index contributed by atoms with van der Waals surface area (Å²) in [5.74, 6) is 0.401. The molecule has 1 heterocycles. The van der Waals surface area contributed by atoms with Gasteiger partial charge >= 0.3 is 0 Å². The molecular weight excluding hydrogens is 325 g/mol. The van der Waals surface area contributed by atoms with Crippen LogP contribution in [0.15, 0.2) is 42.5 Å². The van der Waals surface area contributed by atoms with E-state index >= 15 is 0 Å². The number of hydrogen-bond donors (Lipinski definition) is 2. The van der Waals surface area contributed by atoms with Crippen molar-refractivity contribution in [1.82, 2.24) is 9.97 Å². The minimum Gasteiger partial charge on any atom is -0.341 e. The Bertz CT molecular complexity index is 845. The number of benzene rings is 2. The van der Waals surface area contributed by atoms with Gasteiger partial charge in [0, 0.05) is 0 Å². The Morgan fingerprint density at radius 3 is 2.92 bits per heavy atom. The maximum absolute atomic E-state index is 13.7. The van der Waals surface area contributed by atoms with Crippen molar-refractivity contribution in [3.8, 4) is 0 Å². The maximum Gasteiger partial charge on any atom is 0.234 e. The van der Waals surface area contributed by atoms with Crippen LogP contribution in [-0.2, 0) is 4.79 Å². The topological polar surface area (TPSA) is 57.8 Å². The van der Waals surface area contributed by atoms with E-state index in [-0.39, 0.29) is 22.6 Å². The molecule has 0 aliphatic rings. The summed E-state index contributed by atoms with van der Waals surface area (Å²) in [6, 6.07) is 12.5. The molecule has 1 aromatic heterocycles. The lowest BCUT2D eigenvalue weighted by Crippen LogP contribution is -2.16. The summed E-state index contributed by atoms with van der Waals surface area (Å²) in [7, 11) is 0. The van der Waals surface area contributed by atoms with E-state index in [9.17, 15) is 9.18 Å². The van der Waals surface area contributed by atoms with Crippen molar-refractivity contribution in [3.63, 3.8) is 0 Å². The zero-order valence-electron chi connectivity index (χ0n) is 13.5. The zero-order chi connectivity index (χ0) is 17.1. The van der Waals surface area contributed by atoms with Crippen LogP contribution in [0.5, 0.6) is 0 Å². The van der Waals surface area contributed by atoms with E-state index in [2.05, 4.69) is 15.3 Å². The number of carbonyl (C=O) groups is 1. The highest BCUT2D eigenvalue weighted by molar-refractivity contribution is 8.00. The van der Waals surface area contributed by atoms with Gasteiger partial charge in [-0.1, -0.05) is 18.2 Å². The summed E-state index contributed by atoms with van der Waals surface area (Å²) < 4.78 is 13.7. The summed E-state index contributed by atoms with van der Waals surface area (Å²) in [5.41, 5.74) is 3.00. The molecule has 2 aromatic carbocycles. The quantitative estimate of drug-likeness (QED) is 0.720. The highest BCUT2D eigenvalue weighted by Gasteiger charge is 2.14. The number of aryl methyl sites for hydroxylation is 1. The third-order valence-electron chi connectivity index (χ3n) is 3.65. The molecule has 124 valence electrons. The van der Waals surface area contributed by atoms with Crippen molar-refractivity contribution in [3.05, 3.63) is 59.7 Å². The number of fused-ring (bicyclic) bond motifs is 1. The summed E-state index contributed by atoms with van der Waals surface area (Å²) >= 11 is 1.45. The summed E-state index contributed by atoms with van der Waals surface area (Å²) in [4.78, 5) is 19.8. The molecule has 0 aliphatic heterocycles. The first-order chi connectivity index (χ1) is 11.5. The van der Waals surface area contributed by atoms with Crippen molar-refractivity contribution < 1.29 is 9.18 Å². The van der Waals surface area contributed by atoms with Crippen molar-refractivity contribution in [2.24, 2.45) is 0 Å². The number of nitrogens with one attached hydrogen (secondary N) is 2. The number of imidazole rings is 1. The highest BCUT2D eigenvalue weighted by Crippen LogP contribution is 2.28. The number of hydrogen-bond acceptors (Lipinski definition) is 3. The van der Waals surface area contributed by atoms with Gasteiger partial charge in [-0.3, -0.25) is 4.79 Å². The average Bonchev–Trinajstić information content (AvgIpc) is 3.00. The second-order valence-corrected chi connectivity index (χ2v) is 6.95. The number of aromatic amines is 1. The van der Waals surface area contributed by atoms with E-state index in [0.717, 1.165) is 22.4 Å². The van der Waals surface area contributed by atoms with E-state index < -0.39 is 5.82 Å². The molecule has 0 fully saturated rings. The number of H-pyrrole nitrogens is 1. The van der Waals surface area contributed by atoms with Crippen LogP contribution in [-0.4, -0.2) is 21.6 Å². The van der Waals surface area contributed by atoms with Crippen LogP contribution in [0, 0.1) is 12.7 Å². The zero-order valence-corrected chi connectivity index (χ0v) is 14.3. The molecule has 0 aliphatic carbocycles. The van der Waals surface area contributed by atoms with Crippen LogP contribution >= 0.6 is 11.8 Å². The lowest BCUT2D eigenvalue weighted by molar-refractivity contribution is -0.113. The number of nitrogens with zero attached hydrogens (tertiary/aromatic N) is 1. The van der Waals surface area contributed by atoms with E-state index in [0.29, 0.717) is 0 Å². The molecule has 0 saturated carbocycles. The predicted octanol–water partition coefficient (Wildman–Crippen LogP) is 4.44. The Labute approximate surface area is 143 Å². The molecule has 0 saturated heterocycles. The number of thioether (sulfide) groups is 1. The van der Waals surface area contributed by atoms with Gasteiger partial charge in [0.05, 0.1) is 27.7 Å². The van der Waals surface area contributed by atoms with Gasteiger partial charge in [-0.2, -0.15) is 0 Å². The van der Waals surface area contributed by atoms with Gasteiger partial charge in [0.25, 0.3) is 0 Å².